The molecule has 0 radical (unpaired) electrons. The number of carboxylic acid groups (broad SMARTS) is 1. The first-order chi connectivity index (χ1) is 9.40. The molecule has 0 bridgehead atoms. The molecule has 2 rings (SSSR count). The lowest BCUT2D eigenvalue weighted by atomic mass is 10.1. The molecule has 106 valence electrons. The summed E-state index contributed by atoms with van der Waals surface area (Å²) in [6.07, 6.45) is 1.67. The predicted molar refractivity (Wildman–Crippen MR) is 78.6 cm³/mol. The Hall–Kier alpha value is -1.93. The van der Waals surface area contributed by atoms with Gasteiger partial charge in [-0.3, -0.25) is 5.32 Å². The highest BCUT2D eigenvalue weighted by atomic mass is 32.1. The van der Waals surface area contributed by atoms with Gasteiger partial charge in [0.1, 0.15) is 10.0 Å². The number of thiazole rings is 1. The summed E-state index contributed by atoms with van der Waals surface area (Å²) in [6, 6.07) is 0.990. The molecule has 0 atom stereocenters. The highest BCUT2D eigenvalue weighted by Gasteiger charge is 2.26. The predicted octanol–water partition coefficient (Wildman–Crippen LogP) is 2.96. The van der Waals surface area contributed by atoms with Gasteiger partial charge in [0.2, 0.25) is 0 Å². The summed E-state index contributed by atoms with van der Waals surface area (Å²) in [5.41, 5.74) is -0.545. The first-order valence-corrected chi connectivity index (χ1v) is 7.46. The highest BCUT2D eigenvalue weighted by molar-refractivity contribution is 7.14. The second kappa shape index (κ2) is 5.59. The van der Waals surface area contributed by atoms with E-state index in [-0.39, 0.29) is 5.56 Å². The van der Waals surface area contributed by atoms with Crippen molar-refractivity contribution in [3.63, 3.8) is 0 Å². The minimum absolute atomic E-state index is 0.0807. The van der Waals surface area contributed by atoms with E-state index in [0.717, 1.165) is 16.3 Å². The van der Waals surface area contributed by atoms with Gasteiger partial charge in [0.25, 0.3) is 0 Å². The molecule has 20 heavy (non-hydrogen) atoms. The minimum atomic E-state index is -1.07. The van der Waals surface area contributed by atoms with Gasteiger partial charge < -0.3 is 10.4 Å². The van der Waals surface area contributed by atoms with Gasteiger partial charge >= 0.3 is 12.0 Å². The molecule has 0 spiro atoms. The Morgan fingerprint density at radius 2 is 2.05 bits per heavy atom. The normalized spacial score (nSPS) is 11.1. The van der Waals surface area contributed by atoms with Crippen LogP contribution < -0.4 is 10.6 Å². The number of nitrogens with zero attached hydrogens (tertiary/aromatic N) is 1. The number of carboxylic acids is 1. The Balaban J connectivity index is 2.06. The van der Waals surface area contributed by atoms with Crippen LogP contribution >= 0.6 is 22.7 Å². The fourth-order valence-electron chi connectivity index (χ4n) is 1.58. The number of hydrogen-bond donors (Lipinski definition) is 3. The quantitative estimate of drug-likeness (QED) is 0.809. The van der Waals surface area contributed by atoms with Crippen molar-refractivity contribution in [2.24, 2.45) is 0 Å². The fourth-order valence-corrected chi connectivity index (χ4v) is 3.07. The molecule has 0 aliphatic rings. The van der Waals surface area contributed by atoms with Crippen LogP contribution in [-0.4, -0.2) is 22.1 Å². The first kappa shape index (κ1) is 14.5. The van der Waals surface area contributed by atoms with Crippen LogP contribution in [0.3, 0.4) is 0 Å². The number of anilines is 1. The smallest absolute Gasteiger partial charge is 0.338 e. The molecule has 0 saturated heterocycles. The van der Waals surface area contributed by atoms with E-state index >= 15 is 0 Å². The molecule has 2 heterocycles. The third-order valence-electron chi connectivity index (χ3n) is 2.52. The number of carbonyl (C=O) groups is 2. The van der Waals surface area contributed by atoms with Crippen molar-refractivity contribution in [1.82, 2.24) is 10.3 Å². The number of rotatable bonds is 4. The monoisotopic (exact) mass is 311 g/mol. The van der Waals surface area contributed by atoms with E-state index in [2.05, 4.69) is 15.6 Å². The van der Waals surface area contributed by atoms with Gasteiger partial charge in [0.05, 0.1) is 11.1 Å². The minimum Gasteiger partial charge on any atom is -0.478 e. The summed E-state index contributed by atoms with van der Waals surface area (Å²) in [7, 11) is 0. The summed E-state index contributed by atoms with van der Waals surface area (Å²) in [5.74, 6) is -1.07. The van der Waals surface area contributed by atoms with Crippen molar-refractivity contribution in [2.75, 3.05) is 5.32 Å². The molecule has 2 amide bonds. The molecule has 8 heteroatoms. The molecule has 0 fully saturated rings. The maximum Gasteiger partial charge on any atom is 0.338 e. The van der Waals surface area contributed by atoms with E-state index in [1.807, 2.05) is 19.2 Å². The summed E-state index contributed by atoms with van der Waals surface area (Å²) < 4.78 is 0. The van der Waals surface area contributed by atoms with Gasteiger partial charge in [-0.25, -0.2) is 14.6 Å². The number of urea groups is 1. The molecule has 0 saturated carbocycles. The summed E-state index contributed by atoms with van der Waals surface area (Å²) in [4.78, 5) is 27.1. The third-order valence-corrected chi connectivity index (χ3v) is 4.44. The number of carbonyl (C=O) groups excluding carboxylic acids is 1. The molecular weight excluding hydrogens is 298 g/mol. The zero-order chi connectivity index (χ0) is 14.8. The average Bonchev–Trinajstić information content (AvgIpc) is 2.97. The van der Waals surface area contributed by atoms with Crippen molar-refractivity contribution in [3.05, 3.63) is 33.6 Å². The van der Waals surface area contributed by atoms with E-state index in [1.165, 1.54) is 17.4 Å². The zero-order valence-electron chi connectivity index (χ0n) is 10.8. The Labute approximate surface area is 123 Å². The van der Waals surface area contributed by atoms with Crippen molar-refractivity contribution in [3.8, 4) is 0 Å². The number of aromatic nitrogens is 1. The van der Waals surface area contributed by atoms with Gasteiger partial charge in [-0.1, -0.05) is 0 Å². The summed E-state index contributed by atoms with van der Waals surface area (Å²) in [6.45, 7) is 3.66. The zero-order valence-corrected chi connectivity index (χ0v) is 12.5. The Morgan fingerprint density at radius 3 is 2.65 bits per heavy atom. The van der Waals surface area contributed by atoms with Crippen LogP contribution in [-0.2, 0) is 5.54 Å². The maximum absolute atomic E-state index is 12.0. The maximum atomic E-state index is 12.0. The number of thiophene rings is 1. The Bertz CT molecular complexity index is 620. The van der Waals surface area contributed by atoms with Crippen LogP contribution in [0.25, 0.3) is 0 Å². The largest absolute Gasteiger partial charge is 0.478 e. The highest BCUT2D eigenvalue weighted by Crippen LogP contribution is 2.25. The van der Waals surface area contributed by atoms with E-state index in [0.29, 0.717) is 5.00 Å². The van der Waals surface area contributed by atoms with E-state index in [4.69, 9.17) is 5.11 Å². The van der Waals surface area contributed by atoms with Crippen LogP contribution in [0.4, 0.5) is 9.80 Å². The number of amides is 2. The molecule has 0 aromatic carbocycles. The first-order valence-electron chi connectivity index (χ1n) is 5.70. The summed E-state index contributed by atoms with van der Waals surface area (Å²) >= 11 is 2.61. The standard InChI is InChI=1S/C12H13N3O3S2/c1-12(2,10-13-4-6-20-10)15-11(18)14-8-7(9(16)17)3-5-19-8/h3-6H,1-2H3,(H,16,17)(H2,14,15,18). The van der Waals surface area contributed by atoms with Crippen LogP contribution in [0.15, 0.2) is 23.0 Å². The van der Waals surface area contributed by atoms with Gasteiger partial charge in [0, 0.05) is 11.6 Å². The Morgan fingerprint density at radius 1 is 1.30 bits per heavy atom. The molecule has 0 unspecified atom stereocenters. The topological polar surface area (TPSA) is 91.3 Å². The van der Waals surface area contributed by atoms with Gasteiger partial charge in [-0.15, -0.1) is 22.7 Å². The van der Waals surface area contributed by atoms with E-state index in [9.17, 15) is 9.59 Å². The fraction of sp³-hybridized carbons (Fsp3) is 0.250. The third kappa shape index (κ3) is 3.14. The van der Waals surface area contributed by atoms with Crippen molar-refractivity contribution in [2.45, 2.75) is 19.4 Å². The second-order valence-corrected chi connectivity index (χ2v) is 6.32. The van der Waals surface area contributed by atoms with Crippen LogP contribution in [0.2, 0.25) is 0 Å². The van der Waals surface area contributed by atoms with Gasteiger partial charge in [-0.05, 0) is 25.3 Å². The summed E-state index contributed by atoms with van der Waals surface area (Å²) in [5, 5.41) is 18.8. The van der Waals surface area contributed by atoms with Crippen LogP contribution in [0.5, 0.6) is 0 Å². The van der Waals surface area contributed by atoms with E-state index < -0.39 is 17.5 Å². The van der Waals surface area contributed by atoms with Crippen LogP contribution in [0.1, 0.15) is 29.2 Å². The average molecular weight is 311 g/mol. The van der Waals surface area contributed by atoms with Crippen LogP contribution in [0, 0.1) is 0 Å². The molecule has 2 aromatic rings. The van der Waals surface area contributed by atoms with Gasteiger partial charge in [-0.2, -0.15) is 0 Å². The molecule has 2 aromatic heterocycles. The van der Waals surface area contributed by atoms with Crippen molar-refractivity contribution in [1.29, 1.82) is 0 Å². The lowest BCUT2D eigenvalue weighted by molar-refractivity contribution is 0.0698. The lowest BCUT2D eigenvalue weighted by Gasteiger charge is -2.23. The number of hydrogen-bond acceptors (Lipinski definition) is 5. The number of nitrogens with one attached hydrogen (secondary N) is 2. The molecular formula is C12H13N3O3S2. The molecule has 3 N–H and O–H groups in total. The number of aromatic carboxylic acids is 1. The van der Waals surface area contributed by atoms with Crippen molar-refractivity contribution >= 4 is 39.7 Å². The molecule has 6 nitrogen and oxygen atoms in total. The van der Waals surface area contributed by atoms with Crippen molar-refractivity contribution < 1.29 is 14.7 Å². The lowest BCUT2D eigenvalue weighted by Crippen LogP contribution is -2.43. The molecule has 0 aliphatic carbocycles. The van der Waals surface area contributed by atoms with Gasteiger partial charge in [0.15, 0.2) is 0 Å². The Kier molecular flexibility index (Phi) is 4.05. The SMILES string of the molecule is CC(C)(NC(=O)Nc1sccc1C(=O)O)c1nccs1. The van der Waals surface area contributed by atoms with E-state index in [1.54, 1.807) is 11.6 Å². The molecule has 0 aliphatic heterocycles. The second-order valence-electron chi connectivity index (χ2n) is 4.51.